The molecule has 2 N–H and O–H groups in total. The molecule has 1 saturated carbocycles. The normalized spacial score (nSPS) is 20.5. The number of amides is 1. The molecule has 0 aromatic rings. The number of aliphatic hydroxyl groups is 1. The van der Waals surface area contributed by atoms with Crippen molar-refractivity contribution in [1.29, 1.82) is 0 Å². The minimum absolute atomic E-state index is 0.0234. The summed E-state index contributed by atoms with van der Waals surface area (Å²) in [5, 5.41) is 13.3. The Balaban J connectivity index is 2.21. The molecule has 3 heteroatoms. The number of terminal acetylenes is 1. The number of carbonyl (C=O) groups is 1. The standard InChI is InChI=1S/C16H27NO2/c1-4-5-6-7-8-14(18)17-13-16(19)11-9-15(2,3)10-12-16/h1,19H,5-13H2,2-3H3,(H,17,18). The summed E-state index contributed by atoms with van der Waals surface area (Å²) in [7, 11) is 0. The first-order chi connectivity index (χ1) is 8.87. The third kappa shape index (κ3) is 6.11. The van der Waals surface area contributed by atoms with Crippen LogP contribution in [0.1, 0.15) is 65.2 Å². The van der Waals surface area contributed by atoms with Gasteiger partial charge >= 0.3 is 0 Å². The van der Waals surface area contributed by atoms with Gasteiger partial charge in [0.1, 0.15) is 0 Å². The molecule has 19 heavy (non-hydrogen) atoms. The highest BCUT2D eigenvalue weighted by molar-refractivity contribution is 5.75. The number of unbranched alkanes of at least 4 members (excludes halogenated alkanes) is 2. The predicted octanol–water partition coefficient (Wildman–Crippen LogP) is 2.63. The van der Waals surface area contributed by atoms with Crippen molar-refractivity contribution in [2.75, 3.05) is 6.54 Å². The van der Waals surface area contributed by atoms with E-state index in [1.165, 1.54) is 0 Å². The van der Waals surface area contributed by atoms with Crippen LogP contribution >= 0.6 is 0 Å². The molecule has 0 atom stereocenters. The first kappa shape index (κ1) is 16.0. The average Bonchev–Trinajstić information content (AvgIpc) is 2.37. The third-order valence-corrected chi connectivity index (χ3v) is 4.12. The molecule has 1 aliphatic rings. The molecule has 0 unspecified atom stereocenters. The van der Waals surface area contributed by atoms with Crippen LogP contribution in [0.2, 0.25) is 0 Å². The van der Waals surface area contributed by atoms with Crippen LogP contribution in [-0.2, 0) is 4.79 Å². The first-order valence-corrected chi connectivity index (χ1v) is 7.29. The molecule has 108 valence electrons. The second-order valence-electron chi connectivity index (χ2n) is 6.58. The van der Waals surface area contributed by atoms with E-state index in [-0.39, 0.29) is 5.91 Å². The molecular weight excluding hydrogens is 238 g/mol. The number of rotatable bonds is 6. The average molecular weight is 265 g/mol. The van der Waals surface area contributed by atoms with Gasteiger partial charge in [0.05, 0.1) is 5.60 Å². The summed E-state index contributed by atoms with van der Waals surface area (Å²) in [6, 6.07) is 0. The van der Waals surface area contributed by atoms with Crippen molar-refractivity contribution in [2.24, 2.45) is 5.41 Å². The minimum Gasteiger partial charge on any atom is -0.388 e. The van der Waals surface area contributed by atoms with Gasteiger partial charge in [-0.1, -0.05) is 13.8 Å². The van der Waals surface area contributed by atoms with E-state index in [0.29, 0.717) is 18.4 Å². The monoisotopic (exact) mass is 265 g/mol. The first-order valence-electron chi connectivity index (χ1n) is 7.29. The Morgan fingerprint density at radius 2 is 1.89 bits per heavy atom. The molecule has 3 nitrogen and oxygen atoms in total. The Morgan fingerprint density at radius 1 is 1.26 bits per heavy atom. The number of nitrogens with one attached hydrogen (secondary N) is 1. The van der Waals surface area contributed by atoms with E-state index < -0.39 is 5.60 Å². The summed E-state index contributed by atoms with van der Waals surface area (Å²) < 4.78 is 0. The summed E-state index contributed by atoms with van der Waals surface area (Å²) in [5.41, 5.74) is -0.380. The zero-order valence-electron chi connectivity index (χ0n) is 12.3. The third-order valence-electron chi connectivity index (χ3n) is 4.12. The highest BCUT2D eigenvalue weighted by Gasteiger charge is 2.36. The molecule has 1 fully saturated rings. The zero-order valence-corrected chi connectivity index (χ0v) is 12.3. The summed E-state index contributed by atoms with van der Waals surface area (Å²) in [6.07, 6.45) is 11.7. The Bertz CT molecular complexity index is 331. The Labute approximate surface area is 117 Å². The van der Waals surface area contributed by atoms with Crippen LogP contribution in [-0.4, -0.2) is 23.2 Å². The van der Waals surface area contributed by atoms with Gasteiger partial charge in [-0.05, 0) is 43.9 Å². The fourth-order valence-corrected chi connectivity index (χ4v) is 2.43. The van der Waals surface area contributed by atoms with Crippen molar-refractivity contribution in [3.05, 3.63) is 0 Å². The number of hydrogen-bond donors (Lipinski definition) is 2. The van der Waals surface area contributed by atoms with Gasteiger partial charge < -0.3 is 10.4 Å². The van der Waals surface area contributed by atoms with Crippen LogP contribution in [0.25, 0.3) is 0 Å². The maximum absolute atomic E-state index is 11.6. The molecule has 0 aromatic carbocycles. The lowest BCUT2D eigenvalue weighted by atomic mass is 9.71. The van der Waals surface area contributed by atoms with E-state index in [4.69, 9.17) is 6.42 Å². The van der Waals surface area contributed by atoms with Crippen LogP contribution < -0.4 is 5.32 Å². The fraction of sp³-hybridized carbons (Fsp3) is 0.812. The van der Waals surface area contributed by atoms with E-state index >= 15 is 0 Å². The van der Waals surface area contributed by atoms with E-state index in [1.807, 2.05) is 0 Å². The quantitative estimate of drug-likeness (QED) is 0.573. The van der Waals surface area contributed by atoms with E-state index in [1.54, 1.807) is 0 Å². The largest absolute Gasteiger partial charge is 0.388 e. The van der Waals surface area contributed by atoms with E-state index in [0.717, 1.165) is 44.9 Å². The van der Waals surface area contributed by atoms with Gasteiger partial charge in [-0.25, -0.2) is 0 Å². The zero-order chi connectivity index (χ0) is 14.4. The Kier molecular flexibility index (Phi) is 5.87. The van der Waals surface area contributed by atoms with Crippen LogP contribution in [0.3, 0.4) is 0 Å². The maximum atomic E-state index is 11.6. The molecule has 1 aliphatic carbocycles. The SMILES string of the molecule is C#CCCCCC(=O)NCC1(O)CCC(C)(C)CC1. The molecule has 0 radical (unpaired) electrons. The highest BCUT2D eigenvalue weighted by Crippen LogP contribution is 2.39. The van der Waals surface area contributed by atoms with Crippen molar-refractivity contribution >= 4 is 5.91 Å². The molecule has 1 amide bonds. The van der Waals surface area contributed by atoms with E-state index in [9.17, 15) is 9.90 Å². The summed E-state index contributed by atoms with van der Waals surface area (Å²) in [4.78, 5) is 11.6. The second kappa shape index (κ2) is 6.96. The molecular formula is C16H27NO2. The van der Waals surface area contributed by atoms with Crippen LogP contribution in [0.4, 0.5) is 0 Å². The summed E-state index contributed by atoms with van der Waals surface area (Å²) >= 11 is 0. The lowest BCUT2D eigenvalue weighted by Gasteiger charge is -2.40. The van der Waals surface area contributed by atoms with Gasteiger partial charge in [0, 0.05) is 19.4 Å². The summed E-state index contributed by atoms with van der Waals surface area (Å²) in [6.45, 7) is 4.85. The van der Waals surface area contributed by atoms with Gasteiger partial charge in [0.2, 0.25) is 5.91 Å². The lowest BCUT2D eigenvalue weighted by Crippen LogP contribution is -2.46. The van der Waals surface area contributed by atoms with Gasteiger partial charge in [-0.3, -0.25) is 4.79 Å². The lowest BCUT2D eigenvalue weighted by molar-refractivity contribution is -0.123. The molecule has 0 bridgehead atoms. The van der Waals surface area contributed by atoms with Gasteiger partial charge in [0.25, 0.3) is 0 Å². The Hall–Kier alpha value is -1.01. The van der Waals surface area contributed by atoms with Crippen molar-refractivity contribution in [3.8, 4) is 12.3 Å². The number of carbonyl (C=O) groups excluding carboxylic acids is 1. The van der Waals surface area contributed by atoms with Gasteiger partial charge in [-0.2, -0.15) is 0 Å². The van der Waals surface area contributed by atoms with Crippen molar-refractivity contribution in [3.63, 3.8) is 0 Å². The highest BCUT2D eigenvalue weighted by atomic mass is 16.3. The molecule has 0 spiro atoms. The van der Waals surface area contributed by atoms with Gasteiger partial charge in [-0.15, -0.1) is 12.3 Å². The minimum atomic E-state index is -0.704. The summed E-state index contributed by atoms with van der Waals surface area (Å²) in [5.74, 6) is 2.59. The Morgan fingerprint density at radius 3 is 2.47 bits per heavy atom. The topological polar surface area (TPSA) is 49.3 Å². The van der Waals surface area contributed by atoms with Crippen LogP contribution in [0.15, 0.2) is 0 Å². The molecule has 0 aliphatic heterocycles. The van der Waals surface area contributed by atoms with Crippen molar-refractivity contribution < 1.29 is 9.90 Å². The maximum Gasteiger partial charge on any atom is 0.220 e. The van der Waals surface area contributed by atoms with Crippen LogP contribution in [0, 0.1) is 17.8 Å². The molecule has 0 aromatic heterocycles. The number of hydrogen-bond acceptors (Lipinski definition) is 2. The fourth-order valence-electron chi connectivity index (χ4n) is 2.43. The molecule has 0 saturated heterocycles. The smallest absolute Gasteiger partial charge is 0.220 e. The predicted molar refractivity (Wildman–Crippen MR) is 77.5 cm³/mol. The van der Waals surface area contributed by atoms with Crippen LogP contribution in [0.5, 0.6) is 0 Å². The van der Waals surface area contributed by atoms with E-state index in [2.05, 4.69) is 25.1 Å². The second-order valence-corrected chi connectivity index (χ2v) is 6.58. The van der Waals surface area contributed by atoms with Crippen molar-refractivity contribution in [1.82, 2.24) is 5.32 Å². The van der Waals surface area contributed by atoms with Gasteiger partial charge in [0.15, 0.2) is 0 Å². The van der Waals surface area contributed by atoms with Crippen molar-refractivity contribution in [2.45, 2.75) is 70.8 Å². The molecule has 0 heterocycles. The molecule has 1 rings (SSSR count).